The molecule has 1 aliphatic rings. The monoisotopic (exact) mass is 413 g/mol. The van der Waals surface area contributed by atoms with Crippen molar-refractivity contribution in [2.45, 2.75) is 65.5 Å². The molecule has 1 heterocycles. The first kappa shape index (κ1) is 24.8. The van der Waals surface area contributed by atoms with Gasteiger partial charge in [-0.2, -0.15) is 0 Å². The minimum atomic E-state index is -0.507. The minimum absolute atomic E-state index is 0.240. The van der Waals surface area contributed by atoms with Crippen LogP contribution in [0.5, 0.6) is 0 Å². The van der Waals surface area contributed by atoms with Gasteiger partial charge in [0.1, 0.15) is 5.60 Å². The van der Waals surface area contributed by atoms with E-state index in [2.05, 4.69) is 15.6 Å². The van der Waals surface area contributed by atoms with Gasteiger partial charge in [0.15, 0.2) is 5.96 Å². The van der Waals surface area contributed by atoms with Gasteiger partial charge in [0.05, 0.1) is 6.61 Å². The Morgan fingerprint density at radius 1 is 1.17 bits per heavy atom. The van der Waals surface area contributed by atoms with Gasteiger partial charge < -0.3 is 29.9 Å². The Kier molecular flexibility index (Phi) is 10.6. The highest BCUT2D eigenvalue weighted by Gasteiger charge is 2.24. The lowest BCUT2D eigenvalue weighted by Crippen LogP contribution is -2.51. The van der Waals surface area contributed by atoms with Crippen LogP contribution in [0.2, 0.25) is 0 Å². The normalized spacial score (nSPS) is 15.7. The number of piperidine rings is 1. The summed E-state index contributed by atoms with van der Waals surface area (Å²) < 4.78 is 10.5. The average Bonchev–Trinajstić information content (AvgIpc) is 2.65. The second kappa shape index (κ2) is 12.4. The lowest BCUT2D eigenvalue weighted by Gasteiger charge is -2.32. The van der Waals surface area contributed by atoms with Gasteiger partial charge in [0.2, 0.25) is 0 Å². The molecule has 0 aromatic heterocycles. The third-order valence-corrected chi connectivity index (χ3v) is 4.40. The van der Waals surface area contributed by atoms with Crippen molar-refractivity contribution in [3.05, 3.63) is 0 Å². The predicted molar refractivity (Wildman–Crippen MR) is 114 cm³/mol. The third kappa shape index (κ3) is 9.71. The number of aliphatic imine (C=N–C) groups is 1. The molecule has 0 bridgehead atoms. The molecule has 0 unspecified atom stereocenters. The molecular formula is C20H39N5O4. The van der Waals surface area contributed by atoms with Crippen LogP contribution in [-0.2, 0) is 9.47 Å². The molecule has 0 radical (unpaired) electrons. The molecule has 168 valence electrons. The molecule has 0 aromatic rings. The number of nitrogens with one attached hydrogen (secondary N) is 2. The molecular weight excluding hydrogens is 374 g/mol. The van der Waals surface area contributed by atoms with Gasteiger partial charge >= 0.3 is 12.2 Å². The Morgan fingerprint density at radius 2 is 1.83 bits per heavy atom. The second-order valence-electron chi connectivity index (χ2n) is 8.07. The number of nitrogens with zero attached hydrogens (tertiary/aromatic N) is 3. The zero-order valence-electron chi connectivity index (χ0n) is 18.9. The lowest BCUT2D eigenvalue weighted by molar-refractivity contribution is 0.0253. The molecule has 0 saturated carbocycles. The fourth-order valence-corrected chi connectivity index (χ4v) is 3.01. The number of ether oxygens (including phenoxy) is 2. The zero-order chi connectivity index (χ0) is 21.9. The van der Waals surface area contributed by atoms with E-state index in [0.29, 0.717) is 45.3 Å². The predicted octanol–water partition coefficient (Wildman–Crippen LogP) is 2.42. The number of carbonyl (C=O) groups excluding carboxylic acids is 2. The Labute approximate surface area is 175 Å². The zero-order valence-corrected chi connectivity index (χ0v) is 18.9. The van der Waals surface area contributed by atoms with Crippen molar-refractivity contribution in [1.29, 1.82) is 0 Å². The van der Waals surface area contributed by atoms with Gasteiger partial charge in [0.25, 0.3) is 0 Å². The Balaban J connectivity index is 2.42. The van der Waals surface area contributed by atoms with E-state index in [9.17, 15) is 9.59 Å². The molecule has 29 heavy (non-hydrogen) atoms. The van der Waals surface area contributed by atoms with E-state index in [1.165, 1.54) is 0 Å². The summed E-state index contributed by atoms with van der Waals surface area (Å²) in [4.78, 5) is 31.8. The molecule has 2 amide bonds. The maximum atomic E-state index is 12.3. The van der Waals surface area contributed by atoms with Crippen molar-refractivity contribution in [3.63, 3.8) is 0 Å². The summed E-state index contributed by atoms with van der Waals surface area (Å²) in [5, 5.41) is 6.66. The van der Waals surface area contributed by atoms with Gasteiger partial charge in [-0.1, -0.05) is 6.92 Å². The molecule has 1 aliphatic heterocycles. The lowest BCUT2D eigenvalue weighted by atomic mass is 10.1. The largest absolute Gasteiger partial charge is 0.450 e. The number of hydrogen-bond donors (Lipinski definition) is 2. The fraction of sp³-hybridized carbons (Fsp3) is 0.850. The fourth-order valence-electron chi connectivity index (χ4n) is 3.01. The molecule has 1 fully saturated rings. The van der Waals surface area contributed by atoms with Gasteiger partial charge in [-0.25, -0.2) is 9.59 Å². The van der Waals surface area contributed by atoms with Crippen LogP contribution >= 0.6 is 0 Å². The first-order valence-electron chi connectivity index (χ1n) is 10.6. The van der Waals surface area contributed by atoms with Crippen molar-refractivity contribution < 1.29 is 19.1 Å². The summed E-state index contributed by atoms with van der Waals surface area (Å²) in [7, 11) is 1.72. The van der Waals surface area contributed by atoms with E-state index in [-0.39, 0.29) is 18.2 Å². The van der Waals surface area contributed by atoms with Gasteiger partial charge in [-0.15, -0.1) is 0 Å². The van der Waals surface area contributed by atoms with Crippen LogP contribution in [0.1, 0.15) is 53.9 Å². The summed E-state index contributed by atoms with van der Waals surface area (Å²) in [5.41, 5.74) is -0.507. The van der Waals surface area contributed by atoms with Crippen LogP contribution in [0.25, 0.3) is 0 Å². The third-order valence-electron chi connectivity index (χ3n) is 4.40. The maximum Gasteiger partial charge on any atom is 0.410 e. The van der Waals surface area contributed by atoms with E-state index in [1.807, 2.05) is 34.6 Å². The molecule has 0 aromatic carbocycles. The summed E-state index contributed by atoms with van der Waals surface area (Å²) in [6, 6.07) is 0.240. The van der Waals surface area contributed by atoms with Crippen LogP contribution in [0, 0.1) is 0 Å². The molecule has 0 aliphatic carbocycles. The van der Waals surface area contributed by atoms with E-state index >= 15 is 0 Å². The molecule has 1 saturated heterocycles. The van der Waals surface area contributed by atoms with Crippen LogP contribution in [0.15, 0.2) is 4.99 Å². The highest BCUT2D eigenvalue weighted by Crippen LogP contribution is 2.12. The Morgan fingerprint density at radius 3 is 2.34 bits per heavy atom. The molecule has 2 N–H and O–H groups in total. The summed E-state index contributed by atoms with van der Waals surface area (Å²) in [6.07, 6.45) is 1.99. The molecule has 1 rings (SSSR count). The van der Waals surface area contributed by atoms with Crippen LogP contribution in [-0.4, -0.2) is 86.0 Å². The number of guanidine groups is 1. The number of hydrogen-bond acceptors (Lipinski definition) is 5. The topological polar surface area (TPSA) is 95.5 Å². The SMILES string of the molecule is CCCN(CCNC(=NC)NC1CCN(C(=O)OCC)CC1)C(=O)OC(C)(C)C. The summed E-state index contributed by atoms with van der Waals surface area (Å²) in [6.45, 7) is 12.9. The van der Waals surface area contributed by atoms with E-state index in [1.54, 1.807) is 16.8 Å². The smallest absolute Gasteiger partial charge is 0.410 e. The number of amides is 2. The average molecular weight is 414 g/mol. The van der Waals surface area contributed by atoms with Crippen LogP contribution in [0.4, 0.5) is 9.59 Å². The molecule has 9 nitrogen and oxygen atoms in total. The maximum absolute atomic E-state index is 12.3. The van der Waals surface area contributed by atoms with E-state index in [4.69, 9.17) is 9.47 Å². The highest BCUT2D eigenvalue weighted by molar-refractivity contribution is 5.80. The van der Waals surface area contributed by atoms with Crippen LogP contribution < -0.4 is 10.6 Å². The first-order valence-corrected chi connectivity index (χ1v) is 10.6. The van der Waals surface area contributed by atoms with Gasteiger partial charge in [0, 0.05) is 45.8 Å². The second-order valence-corrected chi connectivity index (χ2v) is 8.07. The minimum Gasteiger partial charge on any atom is -0.450 e. The highest BCUT2D eigenvalue weighted by atomic mass is 16.6. The van der Waals surface area contributed by atoms with Crippen molar-refractivity contribution in [2.24, 2.45) is 4.99 Å². The quantitative estimate of drug-likeness (QED) is 0.492. The Hall–Kier alpha value is -2.19. The molecule has 0 spiro atoms. The summed E-state index contributed by atoms with van der Waals surface area (Å²) in [5.74, 6) is 0.695. The summed E-state index contributed by atoms with van der Waals surface area (Å²) >= 11 is 0. The number of carbonyl (C=O) groups is 2. The van der Waals surface area contributed by atoms with Crippen molar-refractivity contribution >= 4 is 18.1 Å². The molecule has 0 atom stereocenters. The Bertz CT molecular complexity index is 539. The van der Waals surface area contributed by atoms with Crippen molar-refractivity contribution in [2.75, 3.05) is 46.4 Å². The number of likely N-dealkylation sites (tertiary alicyclic amines) is 1. The van der Waals surface area contributed by atoms with Gasteiger partial charge in [-0.3, -0.25) is 4.99 Å². The van der Waals surface area contributed by atoms with Crippen molar-refractivity contribution in [1.82, 2.24) is 20.4 Å². The first-order chi connectivity index (χ1) is 13.7. The molecule has 9 heteroatoms. The van der Waals surface area contributed by atoms with Crippen LogP contribution in [0.3, 0.4) is 0 Å². The van der Waals surface area contributed by atoms with Gasteiger partial charge in [-0.05, 0) is 47.0 Å². The number of rotatable bonds is 7. The van der Waals surface area contributed by atoms with Crippen molar-refractivity contribution in [3.8, 4) is 0 Å². The van der Waals surface area contributed by atoms with E-state index < -0.39 is 5.60 Å². The van der Waals surface area contributed by atoms with E-state index in [0.717, 1.165) is 19.3 Å². The standard InChI is InChI=1S/C20H39N5O4/c1-7-12-24(19(27)29-20(3,4)5)15-11-22-17(21-6)23-16-9-13-25(14-10-16)18(26)28-8-2/h16H,7-15H2,1-6H3,(H2,21,22,23).